The second-order valence-electron chi connectivity index (χ2n) is 4.92. The maximum Gasteiger partial charge on any atom is 0.231 e. The van der Waals surface area contributed by atoms with Gasteiger partial charge in [-0.15, -0.1) is 0 Å². The van der Waals surface area contributed by atoms with Crippen molar-refractivity contribution in [1.29, 1.82) is 0 Å². The monoisotopic (exact) mass is 256 g/mol. The van der Waals surface area contributed by atoms with Crippen LogP contribution in [0.3, 0.4) is 0 Å². The molecule has 1 aliphatic rings. The number of H-pyrrole nitrogens is 1. The van der Waals surface area contributed by atoms with Gasteiger partial charge in [0, 0.05) is 18.7 Å². The number of carbonyl (C=O) groups is 1. The molecule has 0 spiro atoms. The second-order valence-corrected chi connectivity index (χ2v) is 4.92. The number of nitrogens with one attached hydrogen (secondary N) is 2. The molecule has 2 aromatic rings. The van der Waals surface area contributed by atoms with E-state index in [4.69, 9.17) is 5.73 Å². The van der Waals surface area contributed by atoms with Crippen LogP contribution < -0.4 is 11.1 Å². The van der Waals surface area contributed by atoms with E-state index in [9.17, 15) is 4.79 Å². The fraction of sp³-hybridized carbons (Fsp3) is 0.286. The van der Waals surface area contributed by atoms with E-state index in [-0.39, 0.29) is 5.91 Å². The molecule has 0 fully saturated rings. The molecule has 1 aromatic heterocycles. The molecule has 1 aliphatic heterocycles. The summed E-state index contributed by atoms with van der Waals surface area (Å²) < 4.78 is 0. The van der Waals surface area contributed by atoms with Crippen LogP contribution >= 0.6 is 0 Å². The minimum absolute atomic E-state index is 0.370. The molecule has 3 rings (SSSR count). The van der Waals surface area contributed by atoms with E-state index in [1.165, 1.54) is 0 Å². The van der Waals surface area contributed by atoms with Crippen LogP contribution in [0.15, 0.2) is 24.3 Å². The molecule has 1 atom stereocenters. The number of aryl methyl sites for hydroxylation is 1. The number of primary amides is 1. The van der Waals surface area contributed by atoms with Gasteiger partial charge in [-0.25, -0.2) is 0 Å². The molecule has 4 N–H and O–H groups in total. The summed E-state index contributed by atoms with van der Waals surface area (Å²) in [6.07, 6.45) is 0. The molecule has 19 heavy (non-hydrogen) atoms. The summed E-state index contributed by atoms with van der Waals surface area (Å²) in [7, 11) is 0. The number of amides is 1. The lowest BCUT2D eigenvalue weighted by molar-refractivity contribution is -0.118. The van der Waals surface area contributed by atoms with Crippen molar-refractivity contribution in [2.75, 3.05) is 0 Å². The van der Waals surface area contributed by atoms with E-state index in [0.29, 0.717) is 0 Å². The van der Waals surface area contributed by atoms with E-state index in [0.717, 1.165) is 41.2 Å². The summed E-state index contributed by atoms with van der Waals surface area (Å²) in [4.78, 5) is 11.8. The first-order valence-electron chi connectivity index (χ1n) is 6.29. The lowest BCUT2D eigenvalue weighted by Crippen LogP contribution is -2.24. The van der Waals surface area contributed by atoms with Crippen LogP contribution in [0, 0.1) is 6.92 Å². The van der Waals surface area contributed by atoms with Gasteiger partial charge in [0.05, 0.1) is 11.4 Å². The third-order valence-corrected chi connectivity index (χ3v) is 3.56. The standard InChI is InChI=1S/C14H16N4O/c1-8-2-4-9(5-3-8)12(14(15)19)13-10-6-16-7-11(10)17-18-13/h2-5,12,16H,6-7H2,1H3,(H2,15,19)(H,17,18). The number of carbonyl (C=O) groups excluding carboxylic acids is 1. The van der Waals surface area contributed by atoms with Gasteiger partial charge in [-0.2, -0.15) is 5.10 Å². The number of nitrogens with zero attached hydrogens (tertiary/aromatic N) is 1. The molecular formula is C14H16N4O. The molecule has 0 aliphatic carbocycles. The summed E-state index contributed by atoms with van der Waals surface area (Å²) in [5.41, 5.74) is 10.5. The number of benzene rings is 1. The van der Waals surface area contributed by atoms with Crippen molar-refractivity contribution < 1.29 is 4.79 Å². The summed E-state index contributed by atoms with van der Waals surface area (Å²) >= 11 is 0. The Balaban J connectivity index is 2.06. The molecule has 2 heterocycles. The van der Waals surface area contributed by atoms with Gasteiger partial charge >= 0.3 is 0 Å². The number of hydrogen-bond donors (Lipinski definition) is 3. The molecule has 1 aromatic carbocycles. The van der Waals surface area contributed by atoms with Crippen LogP contribution in [0.1, 0.15) is 34.0 Å². The summed E-state index contributed by atoms with van der Waals surface area (Å²) in [5.74, 6) is -0.856. The lowest BCUT2D eigenvalue weighted by atomic mass is 9.92. The van der Waals surface area contributed by atoms with Crippen molar-refractivity contribution in [3.63, 3.8) is 0 Å². The zero-order valence-corrected chi connectivity index (χ0v) is 10.7. The zero-order valence-electron chi connectivity index (χ0n) is 10.7. The van der Waals surface area contributed by atoms with Crippen molar-refractivity contribution in [2.45, 2.75) is 25.9 Å². The molecule has 98 valence electrons. The third-order valence-electron chi connectivity index (χ3n) is 3.56. The topological polar surface area (TPSA) is 83.8 Å². The molecule has 0 saturated carbocycles. The van der Waals surface area contributed by atoms with E-state index < -0.39 is 5.92 Å². The van der Waals surface area contributed by atoms with Crippen LogP contribution in [0.2, 0.25) is 0 Å². The van der Waals surface area contributed by atoms with Crippen molar-refractivity contribution in [2.24, 2.45) is 5.73 Å². The van der Waals surface area contributed by atoms with Gasteiger partial charge in [-0.3, -0.25) is 9.89 Å². The highest BCUT2D eigenvalue weighted by Crippen LogP contribution is 2.29. The number of rotatable bonds is 3. The van der Waals surface area contributed by atoms with Gasteiger partial charge in [-0.1, -0.05) is 29.8 Å². The average Bonchev–Trinajstić information content (AvgIpc) is 2.96. The van der Waals surface area contributed by atoms with Crippen LogP contribution in [0.25, 0.3) is 0 Å². The number of aromatic amines is 1. The molecular weight excluding hydrogens is 240 g/mol. The largest absolute Gasteiger partial charge is 0.369 e. The fourth-order valence-corrected chi connectivity index (χ4v) is 2.53. The smallest absolute Gasteiger partial charge is 0.231 e. The minimum atomic E-state index is -0.486. The molecule has 5 heteroatoms. The van der Waals surface area contributed by atoms with Gasteiger partial charge in [0.15, 0.2) is 0 Å². The predicted molar refractivity (Wildman–Crippen MR) is 71.3 cm³/mol. The number of aromatic nitrogens is 2. The fourth-order valence-electron chi connectivity index (χ4n) is 2.53. The molecule has 0 radical (unpaired) electrons. The highest BCUT2D eigenvalue weighted by atomic mass is 16.1. The van der Waals surface area contributed by atoms with Gasteiger partial charge < -0.3 is 11.1 Å². The van der Waals surface area contributed by atoms with Crippen molar-refractivity contribution in [3.8, 4) is 0 Å². The van der Waals surface area contributed by atoms with E-state index in [1.807, 2.05) is 31.2 Å². The number of nitrogens with two attached hydrogens (primary N) is 1. The summed E-state index contributed by atoms with van der Waals surface area (Å²) in [5, 5.41) is 10.5. The quantitative estimate of drug-likeness (QED) is 0.764. The zero-order chi connectivity index (χ0) is 13.4. The Hall–Kier alpha value is -2.14. The summed E-state index contributed by atoms with van der Waals surface area (Å²) in [6.45, 7) is 3.51. The highest BCUT2D eigenvalue weighted by molar-refractivity contribution is 5.85. The van der Waals surface area contributed by atoms with Crippen molar-refractivity contribution in [1.82, 2.24) is 15.5 Å². The first-order valence-corrected chi connectivity index (χ1v) is 6.29. The summed E-state index contributed by atoms with van der Waals surface area (Å²) in [6, 6.07) is 7.84. The van der Waals surface area contributed by atoms with Crippen LogP contribution in [-0.2, 0) is 17.9 Å². The van der Waals surface area contributed by atoms with E-state index in [2.05, 4.69) is 15.5 Å². The Morgan fingerprint density at radius 1 is 1.32 bits per heavy atom. The average molecular weight is 256 g/mol. The molecule has 1 unspecified atom stereocenters. The normalized spacial score (nSPS) is 15.2. The molecule has 5 nitrogen and oxygen atoms in total. The Labute approximate surface area is 111 Å². The van der Waals surface area contributed by atoms with Crippen LogP contribution in [0.4, 0.5) is 0 Å². The first kappa shape index (κ1) is 11.9. The van der Waals surface area contributed by atoms with Gasteiger partial charge in [0.2, 0.25) is 5.91 Å². The van der Waals surface area contributed by atoms with E-state index >= 15 is 0 Å². The Bertz CT molecular complexity index is 615. The van der Waals surface area contributed by atoms with Crippen molar-refractivity contribution in [3.05, 3.63) is 52.3 Å². The van der Waals surface area contributed by atoms with Crippen LogP contribution in [0.5, 0.6) is 0 Å². The Morgan fingerprint density at radius 3 is 2.74 bits per heavy atom. The Kier molecular flexibility index (Phi) is 2.83. The number of fused-ring (bicyclic) bond motifs is 1. The maximum atomic E-state index is 11.8. The number of hydrogen-bond acceptors (Lipinski definition) is 3. The third kappa shape index (κ3) is 2.02. The molecule has 0 bridgehead atoms. The Morgan fingerprint density at radius 2 is 2.05 bits per heavy atom. The van der Waals surface area contributed by atoms with Gasteiger partial charge in [0.1, 0.15) is 5.92 Å². The minimum Gasteiger partial charge on any atom is -0.369 e. The highest BCUT2D eigenvalue weighted by Gasteiger charge is 2.29. The van der Waals surface area contributed by atoms with E-state index in [1.54, 1.807) is 0 Å². The van der Waals surface area contributed by atoms with Gasteiger partial charge in [0.25, 0.3) is 0 Å². The predicted octanol–water partition coefficient (Wildman–Crippen LogP) is 0.939. The maximum absolute atomic E-state index is 11.8. The first-order chi connectivity index (χ1) is 9.16. The molecule has 0 saturated heterocycles. The molecule has 1 amide bonds. The second kappa shape index (κ2) is 4.51. The van der Waals surface area contributed by atoms with Crippen LogP contribution in [-0.4, -0.2) is 16.1 Å². The lowest BCUT2D eigenvalue weighted by Gasteiger charge is -2.13. The van der Waals surface area contributed by atoms with Gasteiger partial charge in [-0.05, 0) is 12.5 Å². The SMILES string of the molecule is Cc1ccc(C(C(N)=O)c2n[nH]c3c2CNC3)cc1. The van der Waals surface area contributed by atoms with Crippen molar-refractivity contribution >= 4 is 5.91 Å².